The van der Waals surface area contributed by atoms with E-state index in [0.717, 1.165) is 62.2 Å². The second-order valence-electron chi connectivity index (χ2n) is 6.57. The van der Waals surface area contributed by atoms with Crippen LogP contribution in [0.15, 0.2) is 34.1 Å². The fraction of sp³-hybridized carbons (Fsp3) is 0.500. The summed E-state index contributed by atoms with van der Waals surface area (Å²) in [7, 11) is 2.19. The molecular formula is C18H23N3OS. The van der Waals surface area contributed by atoms with E-state index in [-0.39, 0.29) is 5.56 Å². The van der Waals surface area contributed by atoms with Crippen molar-refractivity contribution in [1.82, 2.24) is 14.4 Å². The minimum atomic E-state index is 0.185. The Labute approximate surface area is 141 Å². The van der Waals surface area contributed by atoms with Crippen LogP contribution in [0.3, 0.4) is 0 Å². The van der Waals surface area contributed by atoms with E-state index in [4.69, 9.17) is 0 Å². The van der Waals surface area contributed by atoms with Gasteiger partial charge in [0.25, 0.3) is 5.56 Å². The van der Waals surface area contributed by atoms with Crippen LogP contribution in [-0.4, -0.2) is 53.3 Å². The lowest BCUT2D eigenvalue weighted by molar-refractivity contribution is 0.147. The SMILES string of the molecule is CN1CCN(Cc2c3n(c(=O)c4ccccc24)CCCS3)CC1. The third kappa shape index (κ3) is 2.82. The van der Waals surface area contributed by atoms with Gasteiger partial charge in [0.15, 0.2) is 0 Å². The largest absolute Gasteiger partial charge is 0.304 e. The fourth-order valence-electron chi connectivity index (χ4n) is 3.59. The smallest absolute Gasteiger partial charge is 0.259 e. The van der Waals surface area contributed by atoms with Crippen molar-refractivity contribution in [3.8, 4) is 0 Å². The Balaban J connectivity index is 1.81. The standard InChI is InChI=1S/C18H23N3OS/c1-19-8-10-20(11-9-19)13-16-14-5-2-3-6-15(14)17(22)21-7-4-12-23-18(16)21/h2-3,5-6H,4,7-13H2,1H3. The molecule has 3 heterocycles. The number of hydrogen-bond acceptors (Lipinski definition) is 4. The molecule has 1 fully saturated rings. The van der Waals surface area contributed by atoms with Crippen molar-refractivity contribution in [3.63, 3.8) is 0 Å². The van der Waals surface area contributed by atoms with Gasteiger partial charge in [0.1, 0.15) is 0 Å². The Morgan fingerprint density at radius 3 is 2.57 bits per heavy atom. The van der Waals surface area contributed by atoms with Crippen LogP contribution in [-0.2, 0) is 13.1 Å². The van der Waals surface area contributed by atoms with Gasteiger partial charge in [0.05, 0.1) is 5.03 Å². The molecule has 2 aromatic rings. The average Bonchev–Trinajstić information content (AvgIpc) is 2.60. The molecule has 1 aromatic heterocycles. The second kappa shape index (κ2) is 6.30. The van der Waals surface area contributed by atoms with Crippen LogP contribution in [0.5, 0.6) is 0 Å². The molecule has 0 radical (unpaired) electrons. The number of pyridine rings is 1. The van der Waals surface area contributed by atoms with E-state index in [1.54, 1.807) is 0 Å². The third-order valence-electron chi connectivity index (χ3n) is 4.97. The summed E-state index contributed by atoms with van der Waals surface area (Å²) in [6.45, 7) is 6.28. The normalized spacial score (nSPS) is 19.9. The molecule has 4 nitrogen and oxygen atoms in total. The number of likely N-dealkylation sites (N-methyl/N-ethyl adjacent to an activating group) is 1. The summed E-state index contributed by atoms with van der Waals surface area (Å²) >= 11 is 1.86. The Morgan fingerprint density at radius 2 is 1.78 bits per heavy atom. The van der Waals surface area contributed by atoms with Crippen molar-refractivity contribution >= 4 is 22.5 Å². The van der Waals surface area contributed by atoms with Gasteiger partial charge in [-0.15, -0.1) is 11.8 Å². The van der Waals surface area contributed by atoms with Crippen LogP contribution in [0.25, 0.3) is 10.8 Å². The molecule has 0 atom stereocenters. The summed E-state index contributed by atoms with van der Waals surface area (Å²) in [5.74, 6) is 1.12. The summed E-state index contributed by atoms with van der Waals surface area (Å²) < 4.78 is 2.02. The summed E-state index contributed by atoms with van der Waals surface area (Å²) in [6.07, 6.45) is 1.09. The van der Waals surface area contributed by atoms with Crippen molar-refractivity contribution in [2.75, 3.05) is 39.0 Å². The van der Waals surface area contributed by atoms with Gasteiger partial charge < -0.3 is 9.47 Å². The zero-order valence-corrected chi connectivity index (χ0v) is 14.4. The van der Waals surface area contributed by atoms with Gasteiger partial charge in [-0.2, -0.15) is 0 Å². The topological polar surface area (TPSA) is 28.5 Å². The van der Waals surface area contributed by atoms with Gasteiger partial charge in [0, 0.05) is 56.0 Å². The highest BCUT2D eigenvalue weighted by molar-refractivity contribution is 7.99. The van der Waals surface area contributed by atoms with Crippen LogP contribution in [0.2, 0.25) is 0 Å². The number of thioether (sulfide) groups is 1. The zero-order valence-electron chi connectivity index (χ0n) is 13.6. The summed E-state index contributed by atoms with van der Waals surface area (Å²) in [5, 5.41) is 3.24. The lowest BCUT2D eigenvalue weighted by atomic mass is 10.1. The van der Waals surface area contributed by atoms with E-state index in [1.807, 2.05) is 28.5 Å². The van der Waals surface area contributed by atoms with E-state index >= 15 is 0 Å². The van der Waals surface area contributed by atoms with Crippen LogP contribution >= 0.6 is 11.8 Å². The monoisotopic (exact) mass is 329 g/mol. The molecule has 1 saturated heterocycles. The van der Waals surface area contributed by atoms with E-state index in [1.165, 1.54) is 10.6 Å². The number of nitrogens with zero attached hydrogens (tertiary/aromatic N) is 3. The van der Waals surface area contributed by atoms with Gasteiger partial charge in [-0.1, -0.05) is 18.2 Å². The second-order valence-corrected chi connectivity index (χ2v) is 7.65. The Morgan fingerprint density at radius 1 is 1.04 bits per heavy atom. The maximum Gasteiger partial charge on any atom is 0.259 e. The lowest BCUT2D eigenvalue weighted by Gasteiger charge is -2.33. The van der Waals surface area contributed by atoms with Crippen molar-refractivity contribution in [2.24, 2.45) is 0 Å². The van der Waals surface area contributed by atoms with Crippen molar-refractivity contribution in [3.05, 3.63) is 40.2 Å². The average molecular weight is 329 g/mol. The molecule has 0 amide bonds. The van der Waals surface area contributed by atoms with Crippen molar-refractivity contribution in [2.45, 2.75) is 24.5 Å². The lowest BCUT2D eigenvalue weighted by Crippen LogP contribution is -2.44. The highest BCUT2D eigenvalue weighted by atomic mass is 32.2. The first-order valence-corrected chi connectivity index (χ1v) is 9.41. The first-order chi connectivity index (χ1) is 11.2. The number of fused-ring (bicyclic) bond motifs is 2. The molecule has 2 aliphatic rings. The molecule has 0 saturated carbocycles. The minimum Gasteiger partial charge on any atom is -0.304 e. The first kappa shape index (κ1) is 15.2. The summed E-state index contributed by atoms with van der Waals surface area (Å²) in [4.78, 5) is 17.7. The van der Waals surface area contributed by atoms with Gasteiger partial charge in [-0.25, -0.2) is 0 Å². The fourth-order valence-corrected chi connectivity index (χ4v) is 4.74. The van der Waals surface area contributed by atoms with Crippen LogP contribution in [0.4, 0.5) is 0 Å². The highest BCUT2D eigenvalue weighted by Gasteiger charge is 2.22. The maximum absolute atomic E-state index is 12.8. The van der Waals surface area contributed by atoms with Crippen LogP contribution < -0.4 is 5.56 Å². The van der Waals surface area contributed by atoms with Gasteiger partial charge >= 0.3 is 0 Å². The van der Waals surface area contributed by atoms with Crippen molar-refractivity contribution in [1.29, 1.82) is 0 Å². The molecule has 5 heteroatoms. The number of hydrogen-bond donors (Lipinski definition) is 0. The van der Waals surface area contributed by atoms with Crippen molar-refractivity contribution < 1.29 is 0 Å². The van der Waals surface area contributed by atoms with Crippen LogP contribution in [0, 0.1) is 0 Å². The first-order valence-electron chi connectivity index (χ1n) is 8.42. The van der Waals surface area contributed by atoms with E-state index in [0.29, 0.717) is 0 Å². The third-order valence-corrected chi connectivity index (χ3v) is 6.21. The molecule has 0 unspecified atom stereocenters. The molecule has 0 N–H and O–H groups in total. The van der Waals surface area contributed by atoms with Gasteiger partial charge in [0.2, 0.25) is 0 Å². The van der Waals surface area contributed by atoms with Gasteiger partial charge in [-0.05, 0) is 24.9 Å². The van der Waals surface area contributed by atoms with Crippen LogP contribution in [0.1, 0.15) is 12.0 Å². The Kier molecular flexibility index (Phi) is 4.18. The van der Waals surface area contributed by atoms with Gasteiger partial charge in [-0.3, -0.25) is 9.69 Å². The summed E-state index contributed by atoms with van der Waals surface area (Å²) in [5.41, 5.74) is 1.54. The molecule has 0 aliphatic carbocycles. The highest BCUT2D eigenvalue weighted by Crippen LogP contribution is 2.32. The minimum absolute atomic E-state index is 0.185. The zero-order chi connectivity index (χ0) is 15.8. The number of aromatic nitrogens is 1. The Hall–Kier alpha value is -1.30. The number of rotatable bonds is 2. The van der Waals surface area contributed by atoms with E-state index < -0.39 is 0 Å². The number of piperazine rings is 1. The molecule has 122 valence electrons. The quantitative estimate of drug-likeness (QED) is 0.845. The summed E-state index contributed by atoms with van der Waals surface area (Å²) in [6, 6.07) is 8.14. The molecule has 1 aromatic carbocycles. The molecule has 2 aliphatic heterocycles. The number of benzene rings is 1. The predicted octanol–water partition coefficient (Wildman–Crippen LogP) is 2.24. The Bertz CT molecular complexity index is 778. The molecule has 0 spiro atoms. The molecule has 23 heavy (non-hydrogen) atoms. The predicted molar refractivity (Wildman–Crippen MR) is 96.3 cm³/mol. The van der Waals surface area contributed by atoms with E-state index in [2.05, 4.69) is 29.0 Å². The molecule has 4 rings (SSSR count). The maximum atomic E-state index is 12.8. The molecule has 0 bridgehead atoms. The van der Waals surface area contributed by atoms with E-state index in [9.17, 15) is 4.79 Å². The molecular weight excluding hydrogens is 306 g/mol.